The zero-order valence-corrected chi connectivity index (χ0v) is 10.7. The summed E-state index contributed by atoms with van der Waals surface area (Å²) in [6, 6.07) is 6.84. The summed E-state index contributed by atoms with van der Waals surface area (Å²) in [5.74, 6) is 0.723. The first-order valence-corrected chi connectivity index (χ1v) is 6.15. The lowest BCUT2D eigenvalue weighted by Gasteiger charge is -2.12. The molecule has 0 spiro atoms. The highest BCUT2D eigenvalue weighted by atomic mass is 16.5. The number of ether oxygens (including phenoxy) is 1. The number of amides is 3. The Labute approximate surface area is 111 Å². The van der Waals surface area contributed by atoms with Crippen molar-refractivity contribution in [2.45, 2.75) is 18.9 Å². The average Bonchev–Trinajstić information content (AvgIpc) is 2.82. The third kappa shape index (κ3) is 3.87. The second kappa shape index (κ2) is 6.08. The average molecular weight is 263 g/mol. The van der Waals surface area contributed by atoms with E-state index in [9.17, 15) is 9.59 Å². The van der Waals surface area contributed by atoms with E-state index in [4.69, 9.17) is 4.74 Å². The molecule has 6 heteroatoms. The lowest BCUT2D eigenvalue weighted by Crippen LogP contribution is -2.40. The highest BCUT2D eigenvalue weighted by molar-refractivity contribution is 5.89. The molecule has 3 N–H and O–H groups in total. The van der Waals surface area contributed by atoms with Gasteiger partial charge in [-0.3, -0.25) is 4.79 Å². The van der Waals surface area contributed by atoms with Gasteiger partial charge < -0.3 is 20.7 Å². The Bertz CT molecular complexity index is 476. The standard InChI is InChI=1S/C13H17N3O3/c1-19-11-4-2-3-9(7-11)16-13(18)14-8-10-5-6-12(17)15-10/h2-4,7,10H,5-6,8H2,1H3,(H,15,17)(H2,14,16,18)/t10-/m0/s1. The van der Waals surface area contributed by atoms with Crippen LogP contribution in [0.1, 0.15) is 12.8 Å². The predicted octanol–water partition coefficient (Wildman–Crippen LogP) is 1.10. The molecule has 0 bridgehead atoms. The van der Waals surface area contributed by atoms with Gasteiger partial charge in [-0.25, -0.2) is 4.79 Å². The molecule has 1 aromatic carbocycles. The Balaban J connectivity index is 1.78. The summed E-state index contributed by atoms with van der Waals surface area (Å²) in [4.78, 5) is 22.7. The van der Waals surface area contributed by atoms with E-state index in [1.807, 2.05) is 0 Å². The quantitative estimate of drug-likeness (QED) is 0.761. The number of carbonyl (C=O) groups excluding carboxylic acids is 2. The summed E-state index contributed by atoms with van der Waals surface area (Å²) in [6.45, 7) is 0.432. The molecule has 3 amide bonds. The van der Waals surface area contributed by atoms with Crippen LogP contribution < -0.4 is 20.7 Å². The fourth-order valence-corrected chi connectivity index (χ4v) is 1.92. The molecule has 6 nitrogen and oxygen atoms in total. The van der Waals surface area contributed by atoms with Crippen molar-refractivity contribution in [2.24, 2.45) is 0 Å². The van der Waals surface area contributed by atoms with E-state index in [2.05, 4.69) is 16.0 Å². The second-order valence-electron chi connectivity index (χ2n) is 4.37. The Morgan fingerprint density at radius 1 is 1.53 bits per heavy atom. The molecule has 0 aromatic heterocycles. The highest BCUT2D eigenvalue weighted by Gasteiger charge is 2.20. The Hall–Kier alpha value is -2.24. The van der Waals surface area contributed by atoms with Gasteiger partial charge in [-0.05, 0) is 18.6 Å². The van der Waals surface area contributed by atoms with Crippen LogP contribution in [0.3, 0.4) is 0 Å². The SMILES string of the molecule is COc1cccc(NC(=O)NC[C@@H]2CCC(=O)N2)c1. The van der Waals surface area contributed by atoms with Crippen molar-refractivity contribution in [3.05, 3.63) is 24.3 Å². The van der Waals surface area contributed by atoms with Crippen LogP contribution in [0, 0.1) is 0 Å². The number of hydrogen-bond acceptors (Lipinski definition) is 3. The van der Waals surface area contributed by atoms with E-state index in [0.29, 0.717) is 24.4 Å². The molecule has 1 heterocycles. The maximum absolute atomic E-state index is 11.7. The lowest BCUT2D eigenvalue weighted by molar-refractivity contribution is -0.119. The van der Waals surface area contributed by atoms with Crippen LogP contribution in [0.5, 0.6) is 5.75 Å². The molecule has 0 saturated carbocycles. The minimum Gasteiger partial charge on any atom is -0.497 e. The summed E-state index contributed by atoms with van der Waals surface area (Å²) in [7, 11) is 1.57. The van der Waals surface area contributed by atoms with Gasteiger partial charge in [0.05, 0.1) is 7.11 Å². The first-order valence-electron chi connectivity index (χ1n) is 6.15. The van der Waals surface area contributed by atoms with Crippen LogP contribution in [0.15, 0.2) is 24.3 Å². The summed E-state index contributed by atoms with van der Waals surface area (Å²) in [6.07, 6.45) is 1.29. The lowest BCUT2D eigenvalue weighted by atomic mass is 10.2. The van der Waals surface area contributed by atoms with E-state index >= 15 is 0 Å². The smallest absolute Gasteiger partial charge is 0.319 e. The zero-order valence-electron chi connectivity index (χ0n) is 10.7. The molecular weight excluding hydrogens is 246 g/mol. The molecule has 1 aliphatic rings. The van der Waals surface area contributed by atoms with E-state index in [1.54, 1.807) is 31.4 Å². The van der Waals surface area contributed by atoms with Crippen molar-refractivity contribution in [3.8, 4) is 5.75 Å². The Kier molecular flexibility index (Phi) is 4.22. The number of nitrogens with one attached hydrogen (secondary N) is 3. The summed E-state index contributed by atoms with van der Waals surface area (Å²) >= 11 is 0. The molecule has 1 aromatic rings. The van der Waals surface area contributed by atoms with E-state index < -0.39 is 0 Å². The van der Waals surface area contributed by atoms with Gasteiger partial charge in [-0.1, -0.05) is 6.07 Å². The largest absolute Gasteiger partial charge is 0.497 e. The summed E-state index contributed by atoms with van der Waals surface area (Å²) in [5.41, 5.74) is 0.660. The maximum Gasteiger partial charge on any atom is 0.319 e. The molecule has 2 rings (SSSR count). The van der Waals surface area contributed by atoms with Crippen molar-refractivity contribution >= 4 is 17.6 Å². The van der Waals surface area contributed by atoms with Crippen molar-refractivity contribution in [2.75, 3.05) is 19.0 Å². The number of methoxy groups -OCH3 is 1. The minimum atomic E-state index is -0.297. The molecule has 1 fully saturated rings. The van der Waals surface area contributed by atoms with Crippen LogP contribution in [-0.2, 0) is 4.79 Å². The molecule has 102 valence electrons. The molecule has 1 saturated heterocycles. The number of anilines is 1. The molecular formula is C13H17N3O3. The zero-order chi connectivity index (χ0) is 13.7. The molecule has 1 atom stereocenters. The van der Waals surface area contributed by atoms with Crippen LogP contribution in [0.2, 0.25) is 0 Å². The fraction of sp³-hybridized carbons (Fsp3) is 0.385. The van der Waals surface area contributed by atoms with Gasteiger partial charge in [0, 0.05) is 30.8 Å². The summed E-state index contributed by atoms with van der Waals surface area (Å²) < 4.78 is 5.07. The fourth-order valence-electron chi connectivity index (χ4n) is 1.92. The van der Waals surface area contributed by atoms with Crippen LogP contribution in [0.25, 0.3) is 0 Å². The van der Waals surface area contributed by atoms with E-state index in [0.717, 1.165) is 6.42 Å². The number of carbonyl (C=O) groups is 2. The highest BCUT2D eigenvalue weighted by Crippen LogP contribution is 2.16. The number of rotatable bonds is 4. The third-order valence-corrected chi connectivity index (χ3v) is 2.92. The van der Waals surface area contributed by atoms with Gasteiger partial charge in [0.15, 0.2) is 0 Å². The first kappa shape index (κ1) is 13.2. The van der Waals surface area contributed by atoms with Crippen LogP contribution in [-0.4, -0.2) is 31.6 Å². The molecule has 0 aliphatic carbocycles. The van der Waals surface area contributed by atoms with Crippen molar-refractivity contribution in [3.63, 3.8) is 0 Å². The molecule has 0 radical (unpaired) electrons. The number of urea groups is 1. The van der Waals surface area contributed by atoms with Crippen molar-refractivity contribution in [1.82, 2.24) is 10.6 Å². The van der Waals surface area contributed by atoms with Gasteiger partial charge in [0.1, 0.15) is 5.75 Å². The number of benzene rings is 1. The van der Waals surface area contributed by atoms with Crippen LogP contribution >= 0.6 is 0 Å². The summed E-state index contributed by atoms with van der Waals surface area (Å²) in [5, 5.41) is 8.22. The third-order valence-electron chi connectivity index (χ3n) is 2.92. The molecule has 1 aliphatic heterocycles. The maximum atomic E-state index is 11.7. The number of hydrogen-bond donors (Lipinski definition) is 3. The van der Waals surface area contributed by atoms with Gasteiger partial charge in [-0.2, -0.15) is 0 Å². The topological polar surface area (TPSA) is 79.5 Å². The second-order valence-corrected chi connectivity index (χ2v) is 4.37. The normalized spacial score (nSPS) is 17.7. The van der Waals surface area contributed by atoms with Gasteiger partial charge in [0.2, 0.25) is 5.91 Å². The monoisotopic (exact) mass is 263 g/mol. The van der Waals surface area contributed by atoms with Gasteiger partial charge in [0.25, 0.3) is 0 Å². The van der Waals surface area contributed by atoms with Crippen molar-refractivity contribution in [1.29, 1.82) is 0 Å². The first-order chi connectivity index (χ1) is 9.17. The molecule has 19 heavy (non-hydrogen) atoms. The van der Waals surface area contributed by atoms with Crippen LogP contribution in [0.4, 0.5) is 10.5 Å². The van der Waals surface area contributed by atoms with Gasteiger partial charge in [-0.15, -0.1) is 0 Å². The van der Waals surface area contributed by atoms with Crippen molar-refractivity contribution < 1.29 is 14.3 Å². The Morgan fingerprint density at radius 3 is 3.05 bits per heavy atom. The van der Waals surface area contributed by atoms with E-state index in [-0.39, 0.29) is 18.0 Å². The Morgan fingerprint density at radius 2 is 2.37 bits per heavy atom. The van der Waals surface area contributed by atoms with Gasteiger partial charge >= 0.3 is 6.03 Å². The predicted molar refractivity (Wildman–Crippen MR) is 71.2 cm³/mol. The van der Waals surface area contributed by atoms with E-state index in [1.165, 1.54) is 0 Å². The molecule has 0 unspecified atom stereocenters. The minimum absolute atomic E-state index is 0.0311.